The van der Waals surface area contributed by atoms with E-state index in [-0.39, 0.29) is 31.1 Å². The predicted molar refractivity (Wildman–Crippen MR) is 228 cm³/mol. The normalized spacial score (nSPS) is 12.6. The predicted octanol–water partition coefficient (Wildman–Crippen LogP) is 14.1. The van der Waals surface area contributed by atoms with Crippen molar-refractivity contribution in [2.75, 3.05) is 13.2 Å². The first-order valence-corrected chi connectivity index (χ1v) is 22.3. The molecule has 0 aromatic carbocycles. The van der Waals surface area contributed by atoms with Gasteiger partial charge in [-0.25, -0.2) is 0 Å². The van der Waals surface area contributed by atoms with Crippen LogP contribution in [0.5, 0.6) is 0 Å². The third-order valence-corrected chi connectivity index (χ3v) is 9.26. The molecule has 0 saturated carbocycles. The van der Waals surface area contributed by atoms with E-state index in [1.807, 2.05) is 0 Å². The van der Waals surface area contributed by atoms with Crippen LogP contribution < -0.4 is 0 Å². The van der Waals surface area contributed by atoms with Crippen molar-refractivity contribution in [2.45, 2.75) is 213 Å². The number of rotatable bonds is 39. The van der Waals surface area contributed by atoms with Gasteiger partial charge in [0.2, 0.25) is 0 Å². The fourth-order valence-corrected chi connectivity index (χ4v) is 5.88. The van der Waals surface area contributed by atoms with E-state index in [1.165, 1.54) is 70.6 Å². The van der Waals surface area contributed by atoms with Crippen molar-refractivity contribution in [2.24, 2.45) is 0 Å². The Hall–Kier alpha value is -2.89. The molecular formula is C48H82O6. The van der Waals surface area contributed by atoms with Gasteiger partial charge >= 0.3 is 17.9 Å². The molecule has 0 radical (unpaired) electrons. The first-order chi connectivity index (χ1) is 26.5. The number of allylic oxidation sites excluding steroid dienone is 10. The molecule has 0 heterocycles. The maximum Gasteiger partial charge on any atom is 0.306 e. The molecule has 0 amide bonds. The minimum Gasteiger partial charge on any atom is -0.462 e. The average molecular weight is 755 g/mol. The summed E-state index contributed by atoms with van der Waals surface area (Å²) in [6, 6.07) is 0. The molecule has 1 atom stereocenters. The number of ether oxygens (including phenoxy) is 3. The van der Waals surface area contributed by atoms with Crippen LogP contribution in [0.25, 0.3) is 0 Å². The SMILES string of the molecule is CC/C=C\C/C=C\C/C=C\C/C=C\CCCCC(=O)OCC(COC(=O)CCCCCCCCCCCC)OC(=O)CCCCCCC/C=C\CCCC. The molecule has 0 aliphatic heterocycles. The van der Waals surface area contributed by atoms with Crippen LogP contribution in [0.1, 0.15) is 207 Å². The number of carbonyl (C=O) groups excluding carboxylic acids is 3. The largest absolute Gasteiger partial charge is 0.462 e. The van der Waals surface area contributed by atoms with E-state index in [0.29, 0.717) is 19.3 Å². The van der Waals surface area contributed by atoms with Gasteiger partial charge in [0.25, 0.3) is 0 Å². The zero-order chi connectivity index (χ0) is 39.4. The summed E-state index contributed by atoms with van der Waals surface area (Å²) in [5, 5.41) is 0. The van der Waals surface area contributed by atoms with Gasteiger partial charge in [0, 0.05) is 19.3 Å². The van der Waals surface area contributed by atoms with Crippen LogP contribution in [-0.4, -0.2) is 37.2 Å². The van der Waals surface area contributed by atoms with Crippen molar-refractivity contribution in [1.29, 1.82) is 0 Å². The molecule has 0 saturated heterocycles. The lowest BCUT2D eigenvalue weighted by Gasteiger charge is -2.18. The minimum atomic E-state index is -0.790. The lowest BCUT2D eigenvalue weighted by Crippen LogP contribution is -2.30. The smallest absolute Gasteiger partial charge is 0.306 e. The van der Waals surface area contributed by atoms with Crippen LogP contribution in [0, 0.1) is 0 Å². The third-order valence-electron chi connectivity index (χ3n) is 9.26. The summed E-state index contributed by atoms with van der Waals surface area (Å²) in [5.41, 5.74) is 0. The summed E-state index contributed by atoms with van der Waals surface area (Å²) in [4.78, 5) is 37.6. The molecular weight excluding hydrogens is 673 g/mol. The van der Waals surface area contributed by atoms with Crippen molar-refractivity contribution >= 4 is 17.9 Å². The van der Waals surface area contributed by atoms with Gasteiger partial charge in [-0.15, -0.1) is 0 Å². The van der Waals surface area contributed by atoms with Crippen molar-refractivity contribution in [3.63, 3.8) is 0 Å². The monoisotopic (exact) mass is 755 g/mol. The molecule has 6 heteroatoms. The Labute approximate surface area is 332 Å². The highest BCUT2D eigenvalue weighted by molar-refractivity contribution is 5.71. The van der Waals surface area contributed by atoms with E-state index in [1.54, 1.807) is 0 Å². The van der Waals surface area contributed by atoms with Crippen LogP contribution in [0.2, 0.25) is 0 Å². The van der Waals surface area contributed by atoms with Gasteiger partial charge in [-0.1, -0.05) is 171 Å². The zero-order valence-electron chi connectivity index (χ0n) is 35.2. The molecule has 310 valence electrons. The molecule has 0 bridgehead atoms. The second kappa shape index (κ2) is 42.8. The molecule has 0 rings (SSSR count). The number of hydrogen-bond acceptors (Lipinski definition) is 6. The molecule has 0 aliphatic carbocycles. The fraction of sp³-hybridized carbons (Fsp3) is 0.729. The van der Waals surface area contributed by atoms with E-state index in [9.17, 15) is 14.4 Å². The highest BCUT2D eigenvalue weighted by atomic mass is 16.6. The Bertz CT molecular complexity index is 1010. The Kier molecular flexibility index (Phi) is 40.6. The lowest BCUT2D eigenvalue weighted by atomic mass is 10.1. The number of carbonyl (C=O) groups is 3. The zero-order valence-corrected chi connectivity index (χ0v) is 35.2. The Morgan fingerprint density at radius 1 is 0.389 bits per heavy atom. The quantitative estimate of drug-likeness (QED) is 0.0269. The Balaban J connectivity index is 4.45. The van der Waals surface area contributed by atoms with Crippen LogP contribution in [0.3, 0.4) is 0 Å². The summed E-state index contributed by atoms with van der Waals surface area (Å²) in [6.07, 6.45) is 50.6. The van der Waals surface area contributed by atoms with Crippen molar-refractivity contribution < 1.29 is 28.6 Å². The highest BCUT2D eigenvalue weighted by Gasteiger charge is 2.19. The number of unbranched alkanes of at least 4 members (excludes halogenated alkanes) is 18. The minimum absolute atomic E-state index is 0.0901. The van der Waals surface area contributed by atoms with Crippen LogP contribution in [0.4, 0.5) is 0 Å². The van der Waals surface area contributed by atoms with Crippen molar-refractivity contribution in [1.82, 2.24) is 0 Å². The average Bonchev–Trinajstić information content (AvgIpc) is 3.17. The van der Waals surface area contributed by atoms with Crippen molar-refractivity contribution in [3.8, 4) is 0 Å². The Morgan fingerprint density at radius 3 is 1.24 bits per heavy atom. The van der Waals surface area contributed by atoms with Gasteiger partial charge in [0.15, 0.2) is 6.10 Å². The summed E-state index contributed by atoms with van der Waals surface area (Å²) >= 11 is 0. The summed E-state index contributed by atoms with van der Waals surface area (Å²) in [5.74, 6) is -0.949. The maximum atomic E-state index is 12.7. The number of hydrogen-bond donors (Lipinski definition) is 0. The maximum absolute atomic E-state index is 12.7. The third kappa shape index (κ3) is 40.3. The van der Waals surface area contributed by atoms with E-state index in [4.69, 9.17) is 14.2 Å². The van der Waals surface area contributed by atoms with Crippen molar-refractivity contribution in [3.05, 3.63) is 60.8 Å². The van der Waals surface area contributed by atoms with E-state index < -0.39 is 6.10 Å². The molecule has 54 heavy (non-hydrogen) atoms. The Morgan fingerprint density at radius 2 is 0.741 bits per heavy atom. The molecule has 0 spiro atoms. The van der Waals surface area contributed by atoms with Gasteiger partial charge in [0.05, 0.1) is 0 Å². The number of esters is 3. The van der Waals surface area contributed by atoms with Crippen LogP contribution in [-0.2, 0) is 28.6 Å². The summed E-state index contributed by atoms with van der Waals surface area (Å²) in [7, 11) is 0. The molecule has 0 aromatic rings. The van der Waals surface area contributed by atoms with E-state index in [0.717, 1.165) is 96.3 Å². The van der Waals surface area contributed by atoms with E-state index in [2.05, 4.69) is 81.5 Å². The van der Waals surface area contributed by atoms with Gasteiger partial charge in [0.1, 0.15) is 13.2 Å². The van der Waals surface area contributed by atoms with Crippen LogP contribution in [0.15, 0.2) is 60.8 Å². The molecule has 0 fully saturated rings. The molecule has 0 aliphatic rings. The summed E-state index contributed by atoms with van der Waals surface area (Å²) < 4.78 is 16.6. The second-order valence-corrected chi connectivity index (χ2v) is 14.6. The van der Waals surface area contributed by atoms with Gasteiger partial charge in [-0.05, 0) is 77.0 Å². The lowest BCUT2D eigenvalue weighted by molar-refractivity contribution is -0.167. The topological polar surface area (TPSA) is 78.9 Å². The van der Waals surface area contributed by atoms with E-state index >= 15 is 0 Å². The standard InChI is InChI=1S/C48H82O6/c1-4-7-10-13-16-19-22-23-24-25-27-29-32-35-38-41-47(50)53-44-45(43-52-46(49)40-37-34-31-28-21-18-15-12-9-6-3)54-48(51)42-39-36-33-30-26-20-17-14-11-8-5-2/h7,10,14,16-17,19,23-24,27,29,45H,4-6,8-9,11-13,15,18,20-22,25-26,28,30-44H2,1-3H3/b10-7-,17-14-,19-16-,24-23-,29-27-. The molecule has 1 unspecified atom stereocenters. The van der Waals surface area contributed by atoms with Gasteiger partial charge < -0.3 is 14.2 Å². The molecule has 0 aromatic heterocycles. The summed E-state index contributed by atoms with van der Waals surface area (Å²) in [6.45, 7) is 6.41. The first kappa shape index (κ1) is 51.1. The fourth-order valence-electron chi connectivity index (χ4n) is 5.88. The van der Waals surface area contributed by atoms with Gasteiger partial charge in [-0.2, -0.15) is 0 Å². The second-order valence-electron chi connectivity index (χ2n) is 14.6. The highest BCUT2D eigenvalue weighted by Crippen LogP contribution is 2.13. The molecule has 0 N–H and O–H groups in total. The van der Waals surface area contributed by atoms with Crippen LogP contribution >= 0.6 is 0 Å². The van der Waals surface area contributed by atoms with Gasteiger partial charge in [-0.3, -0.25) is 14.4 Å². The molecule has 6 nitrogen and oxygen atoms in total. The first-order valence-electron chi connectivity index (χ1n) is 22.3.